The van der Waals surface area contributed by atoms with Crippen molar-refractivity contribution < 1.29 is 0 Å². The lowest BCUT2D eigenvalue weighted by Crippen LogP contribution is -2.23. The van der Waals surface area contributed by atoms with Crippen LogP contribution in [0.1, 0.15) is 22.7 Å². The van der Waals surface area contributed by atoms with Gasteiger partial charge in [-0.1, -0.05) is 48.0 Å². The van der Waals surface area contributed by atoms with E-state index in [1.165, 1.54) is 22.4 Å². The van der Waals surface area contributed by atoms with Gasteiger partial charge in [0.25, 0.3) is 0 Å². The molecule has 2 N–H and O–H groups in total. The first kappa shape index (κ1) is 11.3. The molecule has 0 amide bonds. The van der Waals surface area contributed by atoms with Crippen LogP contribution in [0.5, 0.6) is 0 Å². The van der Waals surface area contributed by atoms with Crippen LogP contribution < -0.4 is 10.6 Å². The van der Waals surface area contributed by atoms with E-state index in [0.717, 1.165) is 13.1 Å². The zero-order valence-electron chi connectivity index (χ0n) is 10.6. The molecule has 1 aliphatic rings. The molecule has 0 aliphatic carbocycles. The summed E-state index contributed by atoms with van der Waals surface area (Å²) in [6.45, 7) is 3.96. The minimum Gasteiger partial charge on any atom is -0.365 e. The Balaban J connectivity index is 1.89. The Morgan fingerprint density at radius 2 is 1.94 bits per heavy atom. The van der Waals surface area contributed by atoms with Gasteiger partial charge in [-0.15, -0.1) is 0 Å². The first-order chi connectivity index (χ1) is 8.74. The average molecular weight is 238 g/mol. The maximum atomic E-state index is 6.22. The van der Waals surface area contributed by atoms with E-state index in [2.05, 4.69) is 60.4 Å². The highest BCUT2D eigenvalue weighted by molar-refractivity contribution is 5.61. The van der Waals surface area contributed by atoms with Crippen molar-refractivity contribution in [2.24, 2.45) is 5.73 Å². The molecule has 0 bridgehead atoms. The van der Waals surface area contributed by atoms with Crippen molar-refractivity contribution in [3.05, 3.63) is 65.2 Å². The molecule has 1 atom stereocenters. The molecule has 18 heavy (non-hydrogen) atoms. The van der Waals surface area contributed by atoms with Gasteiger partial charge in [-0.25, -0.2) is 0 Å². The molecule has 2 aromatic rings. The van der Waals surface area contributed by atoms with Gasteiger partial charge in [0, 0.05) is 24.8 Å². The fourth-order valence-electron chi connectivity index (χ4n) is 2.65. The molecule has 2 heteroatoms. The Morgan fingerprint density at radius 1 is 1.17 bits per heavy atom. The first-order valence-corrected chi connectivity index (χ1v) is 6.39. The number of benzene rings is 2. The Bertz CT molecular complexity index is 548. The molecule has 3 rings (SSSR count). The maximum absolute atomic E-state index is 6.22. The quantitative estimate of drug-likeness (QED) is 0.871. The minimum atomic E-state index is 0.142. The molecule has 1 heterocycles. The van der Waals surface area contributed by atoms with Crippen LogP contribution >= 0.6 is 0 Å². The predicted molar refractivity (Wildman–Crippen MR) is 75.6 cm³/mol. The van der Waals surface area contributed by atoms with Gasteiger partial charge in [-0.2, -0.15) is 0 Å². The molecule has 2 aromatic carbocycles. The second-order valence-corrected chi connectivity index (χ2v) is 5.03. The highest BCUT2D eigenvalue weighted by Gasteiger charge is 2.25. The summed E-state index contributed by atoms with van der Waals surface area (Å²) in [5, 5.41) is 0. The van der Waals surface area contributed by atoms with E-state index >= 15 is 0 Å². The summed E-state index contributed by atoms with van der Waals surface area (Å²) in [6.07, 6.45) is 0. The molecule has 0 radical (unpaired) electrons. The van der Waals surface area contributed by atoms with Crippen LogP contribution in [-0.4, -0.2) is 6.54 Å². The SMILES string of the molecule is Cc1ccc2c(c1)C(N)CN2Cc1ccccc1. The molecule has 0 saturated carbocycles. The van der Waals surface area contributed by atoms with Crippen molar-refractivity contribution in [2.45, 2.75) is 19.5 Å². The van der Waals surface area contributed by atoms with Gasteiger partial charge < -0.3 is 10.6 Å². The van der Waals surface area contributed by atoms with Gasteiger partial charge in [0.2, 0.25) is 0 Å². The minimum absolute atomic E-state index is 0.142. The summed E-state index contributed by atoms with van der Waals surface area (Å²) in [6, 6.07) is 17.3. The van der Waals surface area contributed by atoms with Gasteiger partial charge in [-0.05, 0) is 24.1 Å². The van der Waals surface area contributed by atoms with Crippen LogP contribution in [0.25, 0.3) is 0 Å². The monoisotopic (exact) mass is 238 g/mol. The van der Waals surface area contributed by atoms with Crippen LogP contribution in [0.3, 0.4) is 0 Å². The van der Waals surface area contributed by atoms with Gasteiger partial charge in [0.15, 0.2) is 0 Å². The molecule has 0 fully saturated rings. The number of nitrogens with two attached hydrogens (primary N) is 1. The third-order valence-electron chi connectivity index (χ3n) is 3.56. The molecule has 1 unspecified atom stereocenters. The summed E-state index contributed by atoms with van der Waals surface area (Å²) >= 11 is 0. The van der Waals surface area contributed by atoms with Gasteiger partial charge in [0.1, 0.15) is 0 Å². The van der Waals surface area contributed by atoms with Crippen molar-refractivity contribution >= 4 is 5.69 Å². The van der Waals surface area contributed by atoms with E-state index in [0.29, 0.717) is 0 Å². The van der Waals surface area contributed by atoms with E-state index < -0.39 is 0 Å². The van der Waals surface area contributed by atoms with E-state index in [1.807, 2.05) is 0 Å². The highest BCUT2D eigenvalue weighted by Crippen LogP contribution is 2.34. The Kier molecular flexibility index (Phi) is 2.80. The van der Waals surface area contributed by atoms with Crippen molar-refractivity contribution in [1.82, 2.24) is 0 Å². The molecule has 2 nitrogen and oxygen atoms in total. The Hall–Kier alpha value is -1.80. The zero-order valence-corrected chi connectivity index (χ0v) is 10.6. The van der Waals surface area contributed by atoms with E-state index in [1.54, 1.807) is 0 Å². The van der Waals surface area contributed by atoms with Crippen molar-refractivity contribution in [2.75, 3.05) is 11.4 Å². The highest BCUT2D eigenvalue weighted by atomic mass is 15.2. The lowest BCUT2D eigenvalue weighted by Gasteiger charge is -2.19. The van der Waals surface area contributed by atoms with E-state index in [4.69, 9.17) is 5.73 Å². The largest absolute Gasteiger partial charge is 0.365 e. The maximum Gasteiger partial charge on any atom is 0.0494 e. The number of nitrogens with zero attached hydrogens (tertiary/aromatic N) is 1. The number of aryl methyl sites for hydroxylation is 1. The van der Waals surface area contributed by atoms with Gasteiger partial charge in [0.05, 0.1) is 0 Å². The second-order valence-electron chi connectivity index (χ2n) is 5.03. The van der Waals surface area contributed by atoms with Crippen LogP contribution in [0.2, 0.25) is 0 Å². The fraction of sp³-hybridized carbons (Fsp3) is 0.250. The molecule has 0 aromatic heterocycles. The number of hydrogen-bond acceptors (Lipinski definition) is 2. The third-order valence-corrected chi connectivity index (χ3v) is 3.56. The van der Waals surface area contributed by atoms with Crippen molar-refractivity contribution in [1.29, 1.82) is 0 Å². The molecule has 92 valence electrons. The Labute approximate surface area is 108 Å². The molecule has 1 aliphatic heterocycles. The normalized spacial score (nSPS) is 17.9. The number of rotatable bonds is 2. The van der Waals surface area contributed by atoms with Crippen molar-refractivity contribution in [3.63, 3.8) is 0 Å². The number of fused-ring (bicyclic) bond motifs is 1. The lowest BCUT2D eigenvalue weighted by atomic mass is 10.1. The standard InChI is InChI=1S/C16H18N2/c1-12-7-8-16-14(9-12)15(17)11-18(16)10-13-5-3-2-4-6-13/h2-9,15H,10-11,17H2,1H3. The predicted octanol–water partition coefficient (Wildman–Crippen LogP) is 3.02. The summed E-state index contributed by atoms with van der Waals surface area (Å²) in [4.78, 5) is 2.37. The number of hydrogen-bond donors (Lipinski definition) is 1. The molecular weight excluding hydrogens is 220 g/mol. The number of anilines is 1. The zero-order chi connectivity index (χ0) is 12.5. The van der Waals surface area contributed by atoms with Crippen LogP contribution in [0.4, 0.5) is 5.69 Å². The fourth-order valence-corrected chi connectivity index (χ4v) is 2.65. The smallest absolute Gasteiger partial charge is 0.0494 e. The summed E-state index contributed by atoms with van der Waals surface area (Å²) < 4.78 is 0. The van der Waals surface area contributed by atoms with Gasteiger partial charge in [-0.3, -0.25) is 0 Å². The average Bonchev–Trinajstić information content (AvgIpc) is 2.67. The van der Waals surface area contributed by atoms with Crippen molar-refractivity contribution in [3.8, 4) is 0 Å². The summed E-state index contributed by atoms with van der Waals surface area (Å²) in [7, 11) is 0. The third kappa shape index (κ3) is 2.00. The first-order valence-electron chi connectivity index (χ1n) is 6.39. The lowest BCUT2D eigenvalue weighted by molar-refractivity contribution is 0.720. The van der Waals surface area contributed by atoms with Crippen LogP contribution in [-0.2, 0) is 6.54 Å². The topological polar surface area (TPSA) is 29.3 Å². The molecule has 0 saturated heterocycles. The summed E-state index contributed by atoms with van der Waals surface area (Å²) in [5.74, 6) is 0. The van der Waals surface area contributed by atoms with E-state index in [9.17, 15) is 0 Å². The van der Waals surface area contributed by atoms with Crippen LogP contribution in [0.15, 0.2) is 48.5 Å². The second kappa shape index (κ2) is 4.46. The van der Waals surface area contributed by atoms with Gasteiger partial charge >= 0.3 is 0 Å². The molecular formula is C16H18N2. The van der Waals surface area contributed by atoms with Crippen LogP contribution in [0, 0.1) is 6.92 Å². The molecule has 0 spiro atoms. The van der Waals surface area contributed by atoms with E-state index in [-0.39, 0.29) is 6.04 Å². The summed E-state index contributed by atoms with van der Waals surface area (Å²) in [5.41, 5.74) is 11.4. The Morgan fingerprint density at radius 3 is 2.72 bits per heavy atom.